The van der Waals surface area contributed by atoms with Gasteiger partial charge >= 0.3 is 0 Å². The van der Waals surface area contributed by atoms with Gasteiger partial charge in [0.1, 0.15) is 5.54 Å². The number of amides is 2. The average molecular weight is 480 g/mol. The van der Waals surface area contributed by atoms with Gasteiger partial charge in [-0.1, -0.05) is 30.8 Å². The number of ether oxygens (including phenoxy) is 1. The third-order valence-corrected chi connectivity index (χ3v) is 8.45. The summed E-state index contributed by atoms with van der Waals surface area (Å²) in [5.41, 5.74) is -0.525. The van der Waals surface area contributed by atoms with E-state index in [1.54, 1.807) is 0 Å². The Hall–Kier alpha value is -1.65. The lowest BCUT2D eigenvalue weighted by atomic mass is 9.89. The van der Waals surface area contributed by atoms with Crippen LogP contribution >= 0.6 is 11.8 Å². The van der Waals surface area contributed by atoms with Gasteiger partial charge in [-0.25, -0.2) is 0 Å². The minimum atomic E-state index is -0.559. The molecule has 0 spiro atoms. The molecule has 1 aliphatic carbocycles. The number of aryl methyl sites for hydroxylation is 1. The normalized spacial score (nSPS) is 26.0. The standard InChI is InChI=1S/C23H37N5O4S/c1-18(29)26-23(8-4-2-3-5-9-23)21-25-20(32-27-21)7-6-19(30)24-16-22(10-15-33-17-22)28-11-13-31-14-12-28/h2-17H2,1H3,(H,24,30)(H,26,29). The van der Waals surface area contributed by atoms with Gasteiger partial charge in [0.2, 0.25) is 17.7 Å². The van der Waals surface area contributed by atoms with E-state index in [1.807, 2.05) is 11.8 Å². The molecule has 1 unspecified atom stereocenters. The second kappa shape index (κ2) is 11.2. The van der Waals surface area contributed by atoms with Crippen LogP contribution in [-0.4, -0.2) is 76.7 Å². The maximum absolute atomic E-state index is 12.7. The van der Waals surface area contributed by atoms with Crippen LogP contribution in [0.4, 0.5) is 0 Å². The van der Waals surface area contributed by atoms with Crippen molar-refractivity contribution in [1.82, 2.24) is 25.7 Å². The zero-order chi connectivity index (χ0) is 23.2. The summed E-state index contributed by atoms with van der Waals surface area (Å²) >= 11 is 1.96. The number of hydrogen-bond acceptors (Lipinski definition) is 8. The molecule has 10 heteroatoms. The summed E-state index contributed by atoms with van der Waals surface area (Å²) in [7, 11) is 0. The van der Waals surface area contributed by atoms with Gasteiger partial charge in [-0.2, -0.15) is 16.7 Å². The topological polar surface area (TPSA) is 110 Å². The highest BCUT2D eigenvalue weighted by Crippen LogP contribution is 2.35. The van der Waals surface area contributed by atoms with E-state index in [0.29, 0.717) is 31.1 Å². The Morgan fingerprint density at radius 1 is 1.12 bits per heavy atom. The zero-order valence-electron chi connectivity index (χ0n) is 19.7. The number of nitrogens with one attached hydrogen (secondary N) is 2. The minimum absolute atomic E-state index is 0.00493. The van der Waals surface area contributed by atoms with E-state index in [9.17, 15) is 9.59 Å². The highest BCUT2D eigenvalue weighted by molar-refractivity contribution is 7.99. The highest BCUT2D eigenvalue weighted by Gasteiger charge is 2.41. The fourth-order valence-electron chi connectivity index (χ4n) is 5.33. The summed E-state index contributed by atoms with van der Waals surface area (Å²) in [5, 5.41) is 10.5. The Kier molecular flexibility index (Phi) is 8.29. The fourth-order valence-corrected chi connectivity index (χ4v) is 6.81. The number of thioether (sulfide) groups is 1. The minimum Gasteiger partial charge on any atom is -0.379 e. The number of carbonyl (C=O) groups excluding carboxylic acids is 2. The van der Waals surface area contributed by atoms with Gasteiger partial charge in [-0.15, -0.1) is 0 Å². The van der Waals surface area contributed by atoms with Gasteiger partial charge < -0.3 is 19.9 Å². The fraction of sp³-hybridized carbons (Fsp3) is 0.826. The molecule has 1 saturated carbocycles. The Morgan fingerprint density at radius 2 is 1.88 bits per heavy atom. The van der Waals surface area contributed by atoms with Crippen LogP contribution in [0.15, 0.2) is 4.52 Å². The average Bonchev–Trinajstić information content (AvgIpc) is 3.44. The van der Waals surface area contributed by atoms with E-state index in [0.717, 1.165) is 82.8 Å². The summed E-state index contributed by atoms with van der Waals surface area (Å²) in [5.74, 6) is 3.10. The van der Waals surface area contributed by atoms with Gasteiger partial charge in [0, 0.05) is 50.7 Å². The van der Waals surface area contributed by atoms with Crippen LogP contribution < -0.4 is 10.6 Å². The molecule has 9 nitrogen and oxygen atoms in total. The van der Waals surface area contributed by atoms with Crippen molar-refractivity contribution >= 4 is 23.6 Å². The van der Waals surface area contributed by atoms with E-state index in [4.69, 9.17) is 9.26 Å². The number of hydrogen-bond donors (Lipinski definition) is 2. The van der Waals surface area contributed by atoms with Gasteiger partial charge in [0.05, 0.1) is 13.2 Å². The molecule has 184 valence electrons. The lowest BCUT2D eigenvalue weighted by molar-refractivity contribution is -0.122. The Labute approximate surface area is 200 Å². The van der Waals surface area contributed by atoms with Crippen LogP contribution in [-0.2, 0) is 26.3 Å². The van der Waals surface area contributed by atoms with Crippen molar-refractivity contribution in [2.45, 2.75) is 75.8 Å². The zero-order valence-corrected chi connectivity index (χ0v) is 20.5. The molecule has 2 amide bonds. The van der Waals surface area contributed by atoms with Crippen molar-refractivity contribution in [3.8, 4) is 0 Å². The van der Waals surface area contributed by atoms with Crippen molar-refractivity contribution in [1.29, 1.82) is 0 Å². The largest absolute Gasteiger partial charge is 0.379 e. The SMILES string of the molecule is CC(=O)NC1(c2noc(CCC(=O)NCC3(N4CCOCC4)CCSC3)n2)CCCCCC1. The first kappa shape index (κ1) is 24.5. The maximum Gasteiger partial charge on any atom is 0.227 e. The van der Waals surface area contributed by atoms with Gasteiger partial charge in [0.15, 0.2) is 5.82 Å². The first-order valence-corrected chi connectivity index (χ1v) is 13.5. The van der Waals surface area contributed by atoms with Crippen molar-refractivity contribution in [3.63, 3.8) is 0 Å². The van der Waals surface area contributed by atoms with Crippen LogP contribution in [0.3, 0.4) is 0 Å². The Bertz CT molecular complexity index is 797. The van der Waals surface area contributed by atoms with Crippen molar-refractivity contribution < 1.29 is 18.8 Å². The lowest BCUT2D eigenvalue weighted by Gasteiger charge is -2.43. The predicted octanol–water partition coefficient (Wildman–Crippen LogP) is 2.01. The Morgan fingerprint density at radius 3 is 2.55 bits per heavy atom. The third kappa shape index (κ3) is 6.08. The predicted molar refractivity (Wildman–Crippen MR) is 126 cm³/mol. The van der Waals surface area contributed by atoms with Crippen molar-refractivity contribution in [2.75, 3.05) is 44.4 Å². The second-order valence-corrected chi connectivity index (χ2v) is 10.7. The number of morpholine rings is 1. The lowest BCUT2D eigenvalue weighted by Crippen LogP contribution is -2.59. The van der Waals surface area contributed by atoms with Crippen molar-refractivity contribution in [3.05, 3.63) is 11.7 Å². The molecule has 2 aliphatic heterocycles. The molecule has 4 rings (SSSR count). The number of carbonyl (C=O) groups is 2. The van der Waals surface area contributed by atoms with E-state index in [-0.39, 0.29) is 17.4 Å². The van der Waals surface area contributed by atoms with E-state index >= 15 is 0 Å². The first-order chi connectivity index (χ1) is 16.0. The molecule has 0 bridgehead atoms. The van der Waals surface area contributed by atoms with Crippen LogP contribution in [0.1, 0.15) is 70.0 Å². The molecule has 1 aromatic heterocycles. The molecule has 2 saturated heterocycles. The summed E-state index contributed by atoms with van der Waals surface area (Å²) < 4.78 is 11.0. The number of nitrogens with zero attached hydrogens (tertiary/aromatic N) is 3. The molecule has 3 aliphatic rings. The molecule has 1 aromatic rings. The van der Waals surface area contributed by atoms with Crippen molar-refractivity contribution in [2.24, 2.45) is 0 Å². The van der Waals surface area contributed by atoms with E-state index in [2.05, 4.69) is 25.7 Å². The smallest absolute Gasteiger partial charge is 0.227 e. The molecule has 3 fully saturated rings. The first-order valence-electron chi connectivity index (χ1n) is 12.3. The molecule has 1 atom stereocenters. The summed E-state index contributed by atoms with van der Waals surface area (Å²) in [6.07, 6.45) is 7.77. The van der Waals surface area contributed by atoms with Crippen LogP contribution in [0.2, 0.25) is 0 Å². The molecule has 2 N–H and O–H groups in total. The quantitative estimate of drug-likeness (QED) is 0.545. The van der Waals surface area contributed by atoms with Crippen LogP contribution in [0.25, 0.3) is 0 Å². The van der Waals surface area contributed by atoms with Gasteiger partial charge in [0.25, 0.3) is 0 Å². The Balaban J connectivity index is 1.32. The number of aromatic nitrogens is 2. The molecule has 33 heavy (non-hydrogen) atoms. The molecule has 0 aromatic carbocycles. The van der Waals surface area contributed by atoms with Crippen LogP contribution in [0, 0.1) is 0 Å². The maximum atomic E-state index is 12.7. The number of rotatable bonds is 8. The third-order valence-electron chi connectivity index (χ3n) is 7.21. The van der Waals surface area contributed by atoms with Gasteiger partial charge in [-0.3, -0.25) is 14.5 Å². The molecular weight excluding hydrogens is 442 g/mol. The highest BCUT2D eigenvalue weighted by atomic mass is 32.2. The van der Waals surface area contributed by atoms with E-state index < -0.39 is 5.54 Å². The summed E-state index contributed by atoms with van der Waals surface area (Å²) in [6.45, 7) is 5.58. The van der Waals surface area contributed by atoms with Crippen LogP contribution in [0.5, 0.6) is 0 Å². The summed E-state index contributed by atoms with van der Waals surface area (Å²) in [6, 6.07) is 0. The monoisotopic (exact) mass is 479 g/mol. The second-order valence-electron chi connectivity index (χ2n) is 9.59. The summed E-state index contributed by atoms with van der Waals surface area (Å²) in [4.78, 5) is 31.6. The molecular formula is C23H37N5O4S. The van der Waals surface area contributed by atoms with Gasteiger partial charge in [-0.05, 0) is 25.0 Å². The van der Waals surface area contributed by atoms with E-state index in [1.165, 1.54) is 6.92 Å². The molecule has 3 heterocycles. The molecule has 0 radical (unpaired) electrons.